The van der Waals surface area contributed by atoms with Crippen molar-refractivity contribution in [1.29, 1.82) is 0 Å². The first-order valence-corrected chi connectivity index (χ1v) is 6.64. The number of halogens is 1. The first-order valence-electron chi connectivity index (χ1n) is 6.26. The average molecular weight is 292 g/mol. The van der Waals surface area contributed by atoms with Gasteiger partial charge in [0, 0.05) is 12.1 Å². The number of nitrogens with two attached hydrogens (primary N) is 1. The quantitative estimate of drug-likeness (QED) is 0.855. The van der Waals surface area contributed by atoms with Gasteiger partial charge in [-0.1, -0.05) is 17.7 Å². The summed E-state index contributed by atoms with van der Waals surface area (Å²) in [5, 5.41) is 0.541. The monoisotopic (exact) mass is 291 g/mol. The molecule has 0 unspecified atom stereocenters. The Hall–Kier alpha value is -2.07. The van der Waals surface area contributed by atoms with Gasteiger partial charge in [0.05, 0.1) is 10.7 Å². The highest BCUT2D eigenvalue weighted by atomic mass is 35.5. The van der Waals surface area contributed by atoms with Crippen LogP contribution in [0.15, 0.2) is 30.3 Å². The fourth-order valence-electron chi connectivity index (χ4n) is 1.98. The van der Waals surface area contributed by atoms with E-state index in [2.05, 4.69) is 0 Å². The number of aryl methyl sites for hydroxylation is 1. The van der Waals surface area contributed by atoms with Gasteiger partial charge in [0.15, 0.2) is 17.2 Å². The van der Waals surface area contributed by atoms with Gasteiger partial charge in [0.1, 0.15) is 19.0 Å². The second-order valence-electron chi connectivity index (χ2n) is 4.57. The zero-order chi connectivity index (χ0) is 14.1. The second kappa shape index (κ2) is 5.13. The minimum absolute atomic E-state index is 0.478. The number of benzene rings is 2. The van der Waals surface area contributed by atoms with Crippen LogP contribution in [0.1, 0.15) is 5.56 Å². The molecule has 0 saturated heterocycles. The Morgan fingerprint density at radius 3 is 2.45 bits per heavy atom. The number of ether oxygens (including phenoxy) is 3. The van der Waals surface area contributed by atoms with Gasteiger partial charge >= 0.3 is 0 Å². The predicted molar refractivity (Wildman–Crippen MR) is 78.1 cm³/mol. The highest BCUT2D eigenvalue weighted by molar-refractivity contribution is 6.32. The third-order valence-corrected chi connectivity index (χ3v) is 3.28. The molecular formula is C15H14ClNO3. The van der Waals surface area contributed by atoms with Gasteiger partial charge in [-0.05, 0) is 24.6 Å². The standard InChI is InChI=1S/C15H14ClNO3/c1-9-2-3-12(10(16)6-9)20-13-8-15-14(7-11(13)17)18-4-5-19-15/h2-3,6-8H,4-5,17H2,1H3. The van der Waals surface area contributed by atoms with Crippen LogP contribution >= 0.6 is 11.6 Å². The molecule has 0 radical (unpaired) electrons. The van der Waals surface area contributed by atoms with E-state index in [4.69, 9.17) is 31.5 Å². The van der Waals surface area contributed by atoms with E-state index >= 15 is 0 Å². The fourth-order valence-corrected chi connectivity index (χ4v) is 2.26. The Labute approximate surface area is 122 Å². The number of hydrogen-bond acceptors (Lipinski definition) is 4. The first kappa shape index (κ1) is 12.9. The summed E-state index contributed by atoms with van der Waals surface area (Å²) in [6, 6.07) is 9.00. The molecule has 104 valence electrons. The molecule has 20 heavy (non-hydrogen) atoms. The summed E-state index contributed by atoms with van der Waals surface area (Å²) in [4.78, 5) is 0. The number of nitrogen functional groups attached to an aromatic ring is 1. The van der Waals surface area contributed by atoms with Gasteiger partial charge in [0.25, 0.3) is 0 Å². The van der Waals surface area contributed by atoms with Gasteiger partial charge < -0.3 is 19.9 Å². The van der Waals surface area contributed by atoms with Crippen molar-refractivity contribution < 1.29 is 14.2 Å². The van der Waals surface area contributed by atoms with Crippen molar-refractivity contribution in [3.8, 4) is 23.0 Å². The van der Waals surface area contributed by atoms with E-state index in [0.29, 0.717) is 46.9 Å². The molecule has 3 rings (SSSR count). The lowest BCUT2D eigenvalue weighted by Gasteiger charge is -2.20. The second-order valence-corrected chi connectivity index (χ2v) is 4.98. The van der Waals surface area contributed by atoms with Gasteiger partial charge in [-0.25, -0.2) is 0 Å². The van der Waals surface area contributed by atoms with E-state index in [0.717, 1.165) is 5.56 Å². The minimum atomic E-state index is 0.478. The maximum absolute atomic E-state index is 6.15. The van der Waals surface area contributed by atoms with E-state index in [9.17, 15) is 0 Å². The molecule has 4 nitrogen and oxygen atoms in total. The molecule has 1 aliphatic rings. The molecule has 2 N–H and O–H groups in total. The molecule has 0 amide bonds. The van der Waals surface area contributed by atoms with E-state index in [1.807, 2.05) is 25.1 Å². The highest BCUT2D eigenvalue weighted by Crippen LogP contribution is 2.41. The molecule has 2 aromatic carbocycles. The van der Waals surface area contributed by atoms with Crippen molar-refractivity contribution in [3.05, 3.63) is 40.9 Å². The van der Waals surface area contributed by atoms with Gasteiger partial charge in [-0.3, -0.25) is 0 Å². The smallest absolute Gasteiger partial charge is 0.165 e. The fraction of sp³-hybridized carbons (Fsp3) is 0.200. The van der Waals surface area contributed by atoms with Gasteiger partial charge in [-0.15, -0.1) is 0 Å². The minimum Gasteiger partial charge on any atom is -0.486 e. The number of fused-ring (bicyclic) bond motifs is 1. The largest absolute Gasteiger partial charge is 0.486 e. The maximum atomic E-state index is 6.15. The van der Waals surface area contributed by atoms with E-state index in [-0.39, 0.29) is 0 Å². The molecule has 2 aromatic rings. The zero-order valence-electron chi connectivity index (χ0n) is 11.0. The molecule has 1 heterocycles. The first-order chi connectivity index (χ1) is 9.63. The molecule has 0 fully saturated rings. The average Bonchev–Trinajstić information content (AvgIpc) is 2.42. The van der Waals surface area contributed by atoms with Gasteiger partial charge in [0.2, 0.25) is 0 Å². The summed E-state index contributed by atoms with van der Waals surface area (Å²) in [6.45, 7) is 3.01. The van der Waals surface area contributed by atoms with E-state index in [1.54, 1.807) is 12.1 Å². The molecule has 1 aliphatic heterocycles. The Bertz CT molecular complexity index is 658. The third kappa shape index (κ3) is 2.47. The summed E-state index contributed by atoms with van der Waals surface area (Å²) in [5.41, 5.74) is 7.51. The van der Waals surface area contributed by atoms with Crippen LogP contribution in [0, 0.1) is 6.92 Å². The normalized spacial score (nSPS) is 13.1. The van der Waals surface area contributed by atoms with Crippen molar-refractivity contribution in [3.63, 3.8) is 0 Å². The van der Waals surface area contributed by atoms with Crippen LogP contribution in [0.2, 0.25) is 5.02 Å². The van der Waals surface area contributed by atoms with Crippen LogP contribution in [0.4, 0.5) is 5.69 Å². The zero-order valence-corrected chi connectivity index (χ0v) is 11.7. The topological polar surface area (TPSA) is 53.7 Å². The number of rotatable bonds is 2. The van der Waals surface area contributed by atoms with E-state index in [1.165, 1.54) is 0 Å². The molecule has 0 saturated carbocycles. The molecule has 0 aromatic heterocycles. The van der Waals surface area contributed by atoms with Crippen molar-refractivity contribution in [2.45, 2.75) is 6.92 Å². The summed E-state index contributed by atoms with van der Waals surface area (Å²) >= 11 is 6.15. The van der Waals surface area contributed by atoms with Crippen LogP contribution in [0.25, 0.3) is 0 Å². The van der Waals surface area contributed by atoms with Crippen LogP contribution in [-0.4, -0.2) is 13.2 Å². The van der Waals surface area contributed by atoms with Crippen molar-refractivity contribution in [2.75, 3.05) is 18.9 Å². The molecule has 0 atom stereocenters. The molecular weight excluding hydrogens is 278 g/mol. The Morgan fingerprint density at radius 2 is 1.75 bits per heavy atom. The SMILES string of the molecule is Cc1ccc(Oc2cc3c(cc2N)OCCO3)c(Cl)c1. The number of anilines is 1. The van der Waals surface area contributed by atoms with Crippen molar-refractivity contribution in [1.82, 2.24) is 0 Å². The van der Waals surface area contributed by atoms with Crippen molar-refractivity contribution in [2.24, 2.45) is 0 Å². The number of hydrogen-bond donors (Lipinski definition) is 1. The lowest BCUT2D eigenvalue weighted by molar-refractivity contribution is 0.171. The van der Waals surface area contributed by atoms with Crippen LogP contribution in [0.5, 0.6) is 23.0 Å². The Balaban J connectivity index is 1.94. The van der Waals surface area contributed by atoms with Crippen molar-refractivity contribution >= 4 is 17.3 Å². The lowest BCUT2D eigenvalue weighted by atomic mass is 10.2. The maximum Gasteiger partial charge on any atom is 0.165 e. The Morgan fingerprint density at radius 1 is 1.05 bits per heavy atom. The highest BCUT2D eigenvalue weighted by Gasteiger charge is 2.16. The van der Waals surface area contributed by atoms with Gasteiger partial charge in [-0.2, -0.15) is 0 Å². The van der Waals surface area contributed by atoms with Crippen LogP contribution in [0.3, 0.4) is 0 Å². The summed E-state index contributed by atoms with van der Waals surface area (Å²) in [5.74, 6) is 2.32. The molecule has 0 aliphatic carbocycles. The molecule has 0 spiro atoms. The summed E-state index contributed by atoms with van der Waals surface area (Å²) in [6.07, 6.45) is 0. The van der Waals surface area contributed by atoms with E-state index < -0.39 is 0 Å². The molecule has 0 bridgehead atoms. The predicted octanol–water partition coefficient (Wildman–Crippen LogP) is 3.79. The van der Waals surface area contributed by atoms with Crippen LogP contribution in [-0.2, 0) is 0 Å². The summed E-state index contributed by atoms with van der Waals surface area (Å²) in [7, 11) is 0. The lowest BCUT2D eigenvalue weighted by Crippen LogP contribution is -2.15. The summed E-state index contributed by atoms with van der Waals surface area (Å²) < 4.78 is 16.7. The Kier molecular flexibility index (Phi) is 3.32. The van der Waals surface area contributed by atoms with Crippen LogP contribution < -0.4 is 19.9 Å². The third-order valence-electron chi connectivity index (χ3n) is 2.98. The molecule has 5 heteroatoms.